The van der Waals surface area contributed by atoms with Crippen molar-refractivity contribution >= 4 is 0 Å². The first-order chi connectivity index (χ1) is 4.87. The highest BCUT2D eigenvalue weighted by molar-refractivity contribution is 5.11. The van der Waals surface area contributed by atoms with E-state index in [4.69, 9.17) is 0 Å². The molecule has 1 heteroatoms. The molecule has 0 aromatic heterocycles. The highest BCUT2D eigenvalue weighted by Crippen LogP contribution is 2.60. The highest BCUT2D eigenvalue weighted by Gasteiger charge is 2.56. The topological polar surface area (TPSA) is 12.0 Å². The van der Waals surface area contributed by atoms with Gasteiger partial charge in [0.25, 0.3) is 0 Å². The summed E-state index contributed by atoms with van der Waals surface area (Å²) in [5.74, 6) is 0. The Labute approximate surface area is 63.2 Å². The van der Waals surface area contributed by atoms with Gasteiger partial charge in [0.1, 0.15) is 0 Å². The molecule has 0 aliphatic heterocycles. The number of hydrogen-bond acceptors (Lipinski definition) is 1. The Balaban J connectivity index is 1.69. The maximum absolute atomic E-state index is 3.60. The standard InChI is InChI=1S/C9H17N/c1-2-6-10-8-7-9(8)4-3-5-9/h8,10H,2-7H2,1H3/t8-/m0/s1. The van der Waals surface area contributed by atoms with Crippen molar-refractivity contribution in [3.8, 4) is 0 Å². The van der Waals surface area contributed by atoms with E-state index in [1.807, 2.05) is 0 Å². The minimum absolute atomic E-state index is 0.829. The van der Waals surface area contributed by atoms with Crippen molar-refractivity contribution < 1.29 is 0 Å². The fourth-order valence-corrected chi connectivity index (χ4v) is 2.14. The van der Waals surface area contributed by atoms with Crippen molar-refractivity contribution in [3.05, 3.63) is 0 Å². The SMILES string of the molecule is CCCN[C@H]1CC12CCC2. The van der Waals surface area contributed by atoms with Crippen molar-refractivity contribution in [2.75, 3.05) is 6.54 Å². The predicted molar refractivity (Wildman–Crippen MR) is 43.0 cm³/mol. The molecule has 0 unspecified atom stereocenters. The third-order valence-corrected chi connectivity index (χ3v) is 3.18. The van der Waals surface area contributed by atoms with Crippen LogP contribution in [0, 0.1) is 5.41 Å². The van der Waals surface area contributed by atoms with Gasteiger partial charge < -0.3 is 5.32 Å². The molecule has 0 aromatic carbocycles. The summed E-state index contributed by atoms with van der Waals surface area (Å²) in [7, 11) is 0. The van der Waals surface area contributed by atoms with Crippen LogP contribution in [-0.2, 0) is 0 Å². The van der Waals surface area contributed by atoms with Crippen LogP contribution in [0.3, 0.4) is 0 Å². The lowest BCUT2D eigenvalue weighted by Gasteiger charge is -2.26. The molecule has 2 fully saturated rings. The van der Waals surface area contributed by atoms with E-state index in [0.29, 0.717) is 0 Å². The van der Waals surface area contributed by atoms with Gasteiger partial charge in [-0.25, -0.2) is 0 Å². The Hall–Kier alpha value is -0.0400. The number of hydrogen-bond donors (Lipinski definition) is 1. The van der Waals surface area contributed by atoms with Crippen molar-refractivity contribution in [2.24, 2.45) is 5.41 Å². The van der Waals surface area contributed by atoms with E-state index < -0.39 is 0 Å². The van der Waals surface area contributed by atoms with Crippen LogP contribution in [0.25, 0.3) is 0 Å². The normalized spacial score (nSPS) is 33.9. The van der Waals surface area contributed by atoms with E-state index in [-0.39, 0.29) is 0 Å². The average Bonchev–Trinajstić information content (AvgIpc) is 2.56. The Morgan fingerprint density at radius 2 is 2.30 bits per heavy atom. The second-order valence-corrected chi connectivity index (χ2v) is 3.93. The van der Waals surface area contributed by atoms with Gasteiger partial charge in [-0.1, -0.05) is 13.3 Å². The van der Waals surface area contributed by atoms with Crippen LogP contribution in [0.5, 0.6) is 0 Å². The van der Waals surface area contributed by atoms with Crippen molar-refractivity contribution in [1.82, 2.24) is 5.32 Å². The molecule has 58 valence electrons. The lowest BCUT2D eigenvalue weighted by Crippen LogP contribution is -2.27. The van der Waals surface area contributed by atoms with Crippen LogP contribution in [-0.4, -0.2) is 12.6 Å². The van der Waals surface area contributed by atoms with Crippen molar-refractivity contribution in [1.29, 1.82) is 0 Å². The Bertz CT molecular complexity index is 127. The highest BCUT2D eigenvalue weighted by atomic mass is 15.0. The molecule has 0 bridgehead atoms. The minimum Gasteiger partial charge on any atom is -0.313 e. The van der Waals surface area contributed by atoms with Gasteiger partial charge in [-0.2, -0.15) is 0 Å². The maximum Gasteiger partial charge on any atom is 0.0130 e. The first-order valence-electron chi connectivity index (χ1n) is 4.61. The average molecular weight is 139 g/mol. The molecule has 2 saturated carbocycles. The molecule has 0 amide bonds. The van der Waals surface area contributed by atoms with Crippen LogP contribution in [0.4, 0.5) is 0 Å². The summed E-state index contributed by atoms with van der Waals surface area (Å²) in [6.45, 7) is 3.47. The van der Waals surface area contributed by atoms with Crippen LogP contribution in [0.1, 0.15) is 39.0 Å². The summed E-state index contributed by atoms with van der Waals surface area (Å²) >= 11 is 0. The Morgan fingerprint density at radius 3 is 2.70 bits per heavy atom. The van der Waals surface area contributed by atoms with Gasteiger partial charge in [0.2, 0.25) is 0 Å². The molecule has 2 aliphatic carbocycles. The second-order valence-electron chi connectivity index (χ2n) is 3.93. The fourth-order valence-electron chi connectivity index (χ4n) is 2.14. The number of rotatable bonds is 3. The molecule has 0 heterocycles. The Morgan fingerprint density at radius 1 is 1.50 bits per heavy atom. The molecule has 1 N–H and O–H groups in total. The summed E-state index contributed by atoms with van der Waals surface area (Å²) in [6.07, 6.45) is 7.27. The first-order valence-corrected chi connectivity index (χ1v) is 4.61. The summed E-state index contributed by atoms with van der Waals surface area (Å²) in [5, 5.41) is 3.60. The van der Waals surface area contributed by atoms with Gasteiger partial charge in [0.05, 0.1) is 0 Å². The molecule has 0 saturated heterocycles. The lowest BCUT2D eigenvalue weighted by atomic mass is 9.81. The molecular formula is C9H17N. The molecule has 1 spiro atoms. The molecule has 0 radical (unpaired) electrons. The van der Waals surface area contributed by atoms with Gasteiger partial charge in [0, 0.05) is 6.04 Å². The molecule has 2 rings (SSSR count). The van der Waals surface area contributed by atoms with E-state index in [1.165, 1.54) is 38.6 Å². The molecular weight excluding hydrogens is 122 g/mol. The van der Waals surface area contributed by atoms with Crippen molar-refractivity contribution in [3.63, 3.8) is 0 Å². The van der Waals surface area contributed by atoms with Gasteiger partial charge in [-0.05, 0) is 37.6 Å². The van der Waals surface area contributed by atoms with E-state index in [1.54, 1.807) is 0 Å². The van der Waals surface area contributed by atoms with Gasteiger partial charge in [0.15, 0.2) is 0 Å². The minimum atomic E-state index is 0.829. The maximum atomic E-state index is 3.60. The van der Waals surface area contributed by atoms with E-state index in [9.17, 15) is 0 Å². The van der Waals surface area contributed by atoms with Crippen LogP contribution in [0.15, 0.2) is 0 Å². The largest absolute Gasteiger partial charge is 0.313 e. The van der Waals surface area contributed by atoms with Crippen molar-refractivity contribution in [2.45, 2.75) is 45.1 Å². The Kier molecular flexibility index (Phi) is 1.48. The van der Waals surface area contributed by atoms with E-state index >= 15 is 0 Å². The predicted octanol–water partition coefficient (Wildman–Crippen LogP) is 1.93. The summed E-state index contributed by atoms with van der Waals surface area (Å²) in [4.78, 5) is 0. The smallest absolute Gasteiger partial charge is 0.0130 e. The molecule has 0 aromatic rings. The van der Waals surface area contributed by atoms with Crippen LogP contribution < -0.4 is 5.32 Å². The summed E-state index contributed by atoms with van der Waals surface area (Å²) in [6, 6.07) is 0.918. The van der Waals surface area contributed by atoms with Crippen LogP contribution in [0.2, 0.25) is 0 Å². The zero-order valence-electron chi connectivity index (χ0n) is 6.82. The lowest BCUT2D eigenvalue weighted by molar-refractivity contribution is 0.266. The fraction of sp³-hybridized carbons (Fsp3) is 1.00. The molecule has 1 atom stereocenters. The molecule has 10 heavy (non-hydrogen) atoms. The third-order valence-electron chi connectivity index (χ3n) is 3.18. The molecule has 1 nitrogen and oxygen atoms in total. The number of nitrogens with one attached hydrogen (secondary N) is 1. The van der Waals surface area contributed by atoms with Gasteiger partial charge in [-0.3, -0.25) is 0 Å². The van der Waals surface area contributed by atoms with Crippen LogP contribution >= 0.6 is 0 Å². The quantitative estimate of drug-likeness (QED) is 0.630. The van der Waals surface area contributed by atoms with E-state index in [2.05, 4.69) is 12.2 Å². The van der Waals surface area contributed by atoms with Gasteiger partial charge in [-0.15, -0.1) is 0 Å². The monoisotopic (exact) mass is 139 g/mol. The van der Waals surface area contributed by atoms with Gasteiger partial charge >= 0.3 is 0 Å². The summed E-state index contributed by atoms with van der Waals surface area (Å²) in [5.41, 5.74) is 0.829. The summed E-state index contributed by atoms with van der Waals surface area (Å²) < 4.78 is 0. The zero-order chi connectivity index (χ0) is 7.03. The third kappa shape index (κ3) is 0.878. The molecule has 2 aliphatic rings. The van der Waals surface area contributed by atoms with E-state index in [0.717, 1.165) is 11.5 Å². The zero-order valence-corrected chi connectivity index (χ0v) is 6.82. The first kappa shape index (κ1) is 6.66. The second kappa shape index (κ2) is 2.23.